The number of unbranched alkanes of at least 4 members (excludes halogenated alkanes) is 32. The third kappa shape index (κ3) is 31.8. The summed E-state index contributed by atoms with van der Waals surface area (Å²) < 4.78 is 34.3. The summed E-state index contributed by atoms with van der Waals surface area (Å²) >= 11 is 0. The van der Waals surface area contributed by atoms with Crippen molar-refractivity contribution in [1.82, 2.24) is 5.32 Å². The molecule has 0 radical (unpaired) electrons. The molecule has 0 aromatic carbocycles. The number of amides is 1. The molecule has 19 heteroatoms. The van der Waals surface area contributed by atoms with Crippen LogP contribution in [0.4, 0.5) is 0 Å². The molecule has 17 atom stereocenters. The Morgan fingerprint density at radius 1 is 0.407 bits per heavy atom. The van der Waals surface area contributed by atoms with E-state index in [9.17, 15) is 61.0 Å². The normalized spacial score (nSPS) is 29.0. The summed E-state index contributed by atoms with van der Waals surface area (Å²) in [7, 11) is 0. The lowest BCUT2D eigenvalue weighted by Crippen LogP contribution is -2.66. The van der Waals surface area contributed by atoms with Gasteiger partial charge in [0.2, 0.25) is 5.91 Å². The maximum Gasteiger partial charge on any atom is 0.220 e. The van der Waals surface area contributed by atoms with Gasteiger partial charge in [0.1, 0.15) is 73.2 Å². The Kier molecular flexibility index (Phi) is 45.2. The first-order valence-corrected chi connectivity index (χ1v) is 34.2. The number of rotatable bonds is 52. The molecule has 0 aromatic rings. The number of aliphatic hydroxyl groups excluding tert-OH is 11. The number of nitrogens with one attached hydrogen (secondary N) is 1. The van der Waals surface area contributed by atoms with Crippen LogP contribution in [-0.4, -0.2) is 193 Å². The van der Waals surface area contributed by atoms with Crippen molar-refractivity contribution in [2.45, 2.75) is 356 Å². The summed E-state index contributed by atoms with van der Waals surface area (Å²) in [6.07, 6.45) is 29.8. The molecule has 0 aromatic heterocycles. The van der Waals surface area contributed by atoms with E-state index in [-0.39, 0.29) is 18.9 Å². The smallest absolute Gasteiger partial charge is 0.220 e. The van der Waals surface area contributed by atoms with Crippen LogP contribution in [-0.2, 0) is 33.2 Å². The minimum Gasteiger partial charge on any atom is -0.394 e. The van der Waals surface area contributed by atoms with Crippen molar-refractivity contribution in [2.75, 3.05) is 26.4 Å². The fourth-order valence-electron chi connectivity index (χ4n) is 11.6. The topological polar surface area (TPSA) is 307 Å². The quantitative estimate of drug-likeness (QED) is 0.0201. The Bertz CT molecular complexity index is 1710. The Morgan fingerprint density at radius 2 is 0.744 bits per heavy atom. The van der Waals surface area contributed by atoms with Gasteiger partial charge in [0.15, 0.2) is 18.9 Å². The first-order chi connectivity index (χ1) is 41.8. The summed E-state index contributed by atoms with van der Waals surface area (Å²) in [5, 5.41) is 120. The van der Waals surface area contributed by atoms with Crippen LogP contribution in [0.2, 0.25) is 0 Å². The lowest BCUT2D eigenvalue weighted by atomic mass is 9.96. The van der Waals surface area contributed by atoms with Crippen molar-refractivity contribution in [2.24, 2.45) is 0 Å². The highest BCUT2D eigenvalue weighted by Gasteiger charge is 2.53. The third-order valence-corrected chi connectivity index (χ3v) is 17.2. The van der Waals surface area contributed by atoms with E-state index in [1.807, 2.05) is 6.08 Å². The van der Waals surface area contributed by atoms with Crippen LogP contribution in [0.15, 0.2) is 36.5 Å². The van der Waals surface area contributed by atoms with Gasteiger partial charge in [0.05, 0.1) is 38.6 Å². The summed E-state index contributed by atoms with van der Waals surface area (Å²) in [6, 6.07) is -0.994. The van der Waals surface area contributed by atoms with Crippen LogP contribution < -0.4 is 5.32 Å². The second kappa shape index (κ2) is 49.7. The molecule has 0 bridgehead atoms. The van der Waals surface area contributed by atoms with E-state index in [1.165, 1.54) is 173 Å². The number of aliphatic hydroxyl groups is 11. The van der Waals surface area contributed by atoms with Crippen molar-refractivity contribution in [3.63, 3.8) is 0 Å². The van der Waals surface area contributed by atoms with Crippen molar-refractivity contribution >= 4 is 5.91 Å². The molecular weight excluding hydrogens is 1110 g/mol. The summed E-state index contributed by atoms with van der Waals surface area (Å²) in [6.45, 7) is 1.73. The van der Waals surface area contributed by atoms with Crippen molar-refractivity contribution in [3.05, 3.63) is 36.5 Å². The molecule has 3 saturated heterocycles. The van der Waals surface area contributed by atoms with Crippen molar-refractivity contribution in [3.8, 4) is 0 Å². The molecule has 17 unspecified atom stereocenters. The SMILES string of the molecule is CCCCCCCCCCCCCCCCC/C=C/CC/C=C/CC/C=C/C(O)C(COC1OC(CO)C(OC2OC(CO)C(OC3OC(CO)C(O)C(O)C3O)C(O)C2O)C(O)C1O)NC(=O)CCCCCCCCCCCCCCCCCC. The predicted octanol–water partition coefficient (Wildman–Crippen LogP) is 8.44. The summed E-state index contributed by atoms with van der Waals surface area (Å²) in [5.41, 5.74) is 0. The van der Waals surface area contributed by atoms with Gasteiger partial charge in [-0.1, -0.05) is 237 Å². The molecule has 0 spiro atoms. The molecule has 12 N–H and O–H groups in total. The van der Waals surface area contributed by atoms with Crippen molar-refractivity contribution < 1.29 is 89.4 Å². The number of ether oxygens (including phenoxy) is 6. The van der Waals surface area contributed by atoms with Gasteiger partial charge in [-0.15, -0.1) is 0 Å². The predicted molar refractivity (Wildman–Crippen MR) is 333 cm³/mol. The highest BCUT2D eigenvalue weighted by molar-refractivity contribution is 5.76. The largest absolute Gasteiger partial charge is 0.394 e. The molecule has 0 aliphatic carbocycles. The first kappa shape index (κ1) is 78.3. The number of hydrogen-bond acceptors (Lipinski definition) is 18. The second-order valence-electron chi connectivity index (χ2n) is 24.6. The molecule has 3 fully saturated rings. The molecule has 3 aliphatic rings. The Morgan fingerprint density at radius 3 is 1.16 bits per heavy atom. The minimum atomic E-state index is -1.98. The maximum atomic E-state index is 13.4. The van der Waals surface area contributed by atoms with E-state index in [1.54, 1.807) is 6.08 Å². The zero-order valence-corrected chi connectivity index (χ0v) is 53.0. The van der Waals surface area contributed by atoms with Crippen LogP contribution in [0.25, 0.3) is 0 Å². The van der Waals surface area contributed by atoms with Crippen LogP contribution in [0.1, 0.15) is 251 Å². The van der Waals surface area contributed by atoms with Gasteiger partial charge in [0.25, 0.3) is 0 Å². The second-order valence-corrected chi connectivity index (χ2v) is 24.6. The van der Waals surface area contributed by atoms with E-state index in [4.69, 9.17) is 28.4 Å². The minimum absolute atomic E-state index is 0.235. The molecule has 0 saturated carbocycles. The van der Waals surface area contributed by atoms with Gasteiger partial charge in [-0.3, -0.25) is 4.79 Å². The van der Waals surface area contributed by atoms with Gasteiger partial charge in [0, 0.05) is 6.42 Å². The number of carbonyl (C=O) groups is 1. The summed E-state index contributed by atoms with van der Waals surface area (Å²) in [5.74, 6) is -0.287. The average Bonchev–Trinajstić information content (AvgIpc) is 1.95. The molecule has 3 heterocycles. The average molecular weight is 1230 g/mol. The molecule has 86 heavy (non-hydrogen) atoms. The maximum absolute atomic E-state index is 13.4. The van der Waals surface area contributed by atoms with Gasteiger partial charge >= 0.3 is 0 Å². The first-order valence-electron chi connectivity index (χ1n) is 34.2. The van der Waals surface area contributed by atoms with Crippen LogP contribution in [0.5, 0.6) is 0 Å². The van der Waals surface area contributed by atoms with E-state index in [2.05, 4.69) is 43.5 Å². The molecule has 3 rings (SSSR count). The summed E-state index contributed by atoms with van der Waals surface area (Å²) in [4.78, 5) is 13.4. The molecular formula is C67H123NO18. The van der Waals surface area contributed by atoms with E-state index < -0.39 is 124 Å². The van der Waals surface area contributed by atoms with Gasteiger partial charge in [-0.25, -0.2) is 0 Å². The monoisotopic (exact) mass is 1230 g/mol. The van der Waals surface area contributed by atoms with Crippen LogP contribution >= 0.6 is 0 Å². The standard InChI is InChI=1S/C67H123NO18/c1-3-5-7-9-11-13-15-17-19-21-22-23-24-25-26-27-28-29-30-32-34-36-38-40-42-44-51(72)50(68-55(73)45-43-41-39-37-35-33-31-20-18-16-14-12-10-8-6-4-2)49-81-65-61(79)58(76)63(53(47-70)83-65)86-67-62(80)59(77)64(54(48-71)84-67)85-66-60(78)57(75)56(74)52(46-69)82-66/h28-29,34,36,42,44,50-54,56-67,69-72,74-80H,3-27,30-33,35,37-41,43,45-49H2,1-2H3,(H,68,73)/b29-28+,36-34+,44-42+. The number of allylic oxidation sites excluding steroid dienone is 5. The van der Waals surface area contributed by atoms with Crippen molar-refractivity contribution in [1.29, 1.82) is 0 Å². The Hall–Kier alpha value is -1.99. The van der Waals surface area contributed by atoms with Gasteiger partial charge in [-0.2, -0.15) is 0 Å². The van der Waals surface area contributed by atoms with E-state index in [0.717, 1.165) is 44.9 Å². The number of carbonyl (C=O) groups excluding carboxylic acids is 1. The lowest BCUT2D eigenvalue weighted by molar-refractivity contribution is -0.379. The lowest BCUT2D eigenvalue weighted by Gasteiger charge is -2.48. The zero-order valence-electron chi connectivity index (χ0n) is 53.0. The Balaban J connectivity index is 1.46. The third-order valence-electron chi connectivity index (χ3n) is 17.2. The fourth-order valence-corrected chi connectivity index (χ4v) is 11.6. The van der Waals surface area contributed by atoms with E-state index in [0.29, 0.717) is 12.8 Å². The fraction of sp³-hybridized carbons (Fsp3) is 0.896. The molecule has 19 nitrogen and oxygen atoms in total. The zero-order chi connectivity index (χ0) is 62.6. The van der Waals surface area contributed by atoms with Crippen LogP contribution in [0, 0.1) is 0 Å². The Labute approximate surface area is 517 Å². The highest BCUT2D eigenvalue weighted by Crippen LogP contribution is 2.33. The number of hydrogen-bond donors (Lipinski definition) is 12. The van der Waals surface area contributed by atoms with E-state index >= 15 is 0 Å². The van der Waals surface area contributed by atoms with Gasteiger partial charge < -0.3 is 89.9 Å². The van der Waals surface area contributed by atoms with Gasteiger partial charge in [-0.05, 0) is 44.9 Å². The molecule has 504 valence electrons. The molecule has 3 aliphatic heterocycles. The molecule has 1 amide bonds. The van der Waals surface area contributed by atoms with Crippen LogP contribution in [0.3, 0.4) is 0 Å². The highest BCUT2D eigenvalue weighted by atomic mass is 16.8.